The lowest BCUT2D eigenvalue weighted by molar-refractivity contribution is -0.137. The second-order valence-electron chi connectivity index (χ2n) is 9.28. The van der Waals surface area contributed by atoms with Crippen molar-refractivity contribution in [3.63, 3.8) is 0 Å². The summed E-state index contributed by atoms with van der Waals surface area (Å²) < 4.78 is 44.9. The van der Waals surface area contributed by atoms with E-state index in [1.165, 1.54) is 0 Å². The molecular formula is C26H33F3N2O2. The summed E-state index contributed by atoms with van der Waals surface area (Å²) in [5.41, 5.74) is 3.28. The predicted octanol–water partition coefficient (Wildman–Crippen LogP) is 5.22. The molecule has 0 aliphatic carbocycles. The van der Waals surface area contributed by atoms with Gasteiger partial charge in [0.1, 0.15) is 5.75 Å². The van der Waals surface area contributed by atoms with E-state index in [9.17, 15) is 18.3 Å². The molecule has 2 aromatic rings. The van der Waals surface area contributed by atoms with Gasteiger partial charge in [-0.1, -0.05) is 31.2 Å². The van der Waals surface area contributed by atoms with Gasteiger partial charge in [-0.25, -0.2) is 0 Å². The number of ether oxygens (including phenoxy) is 1. The van der Waals surface area contributed by atoms with Gasteiger partial charge in [-0.2, -0.15) is 13.2 Å². The lowest BCUT2D eigenvalue weighted by atomic mass is 9.83. The lowest BCUT2D eigenvalue weighted by Gasteiger charge is -2.41. The Morgan fingerprint density at radius 1 is 1.09 bits per heavy atom. The van der Waals surface area contributed by atoms with Crippen LogP contribution in [-0.2, 0) is 23.9 Å². The molecule has 2 atom stereocenters. The summed E-state index contributed by atoms with van der Waals surface area (Å²) in [6.45, 7) is 8.00. The lowest BCUT2D eigenvalue weighted by Crippen LogP contribution is -2.42. The number of piperidine rings is 1. The van der Waals surface area contributed by atoms with Gasteiger partial charge >= 0.3 is 6.18 Å². The van der Waals surface area contributed by atoms with Crippen molar-refractivity contribution >= 4 is 0 Å². The number of phenolic OH excluding ortho intramolecular Hbond substituents is 1. The van der Waals surface area contributed by atoms with Gasteiger partial charge in [0.25, 0.3) is 0 Å². The van der Waals surface area contributed by atoms with E-state index in [2.05, 4.69) is 23.2 Å². The van der Waals surface area contributed by atoms with Crippen LogP contribution in [0.15, 0.2) is 36.4 Å². The van der Waals surface area contributed by atoms with Crippen molar-refractivity contribution in [3.8, 4) is 5.75 Å². The van der Waals surface area contributed by atoms with Crippen molar-refractivity contribution in [3.05, 3.63) is 64.2 Å². The second-order valence-corrected chi connectivity index (χ2v) is 9.28. The monoisotopic (exact) mass is 462 g/mol. The zero-order valence-corrected chi connectivity index (χ0v) is 19.3. The van der Waals surface area contributed by atoms with Crippen LogP contribution in [0.3, 0.4) is 0 Å². The van der Waals surface area contributed by atoms with Crippen molar-refractivity contribution in [2.24, 2.45) is 5.92 Å². The summed E-state index contributed by atoms with van der Waals surface area (Å²) in [4.78, 5) is 2.30. The molecule has 180 valence electrons. The molecule has 4 nitrogen and oxygen atoms in total. The molecule has 1 saturated heterocycles. The minimum atomic E-state index is -4.30. The number of alkyl halides is 3. The number of phenols is 1. The van der Waals surface area contributed by atoms with Gasteiger partial charge in [-0.15, -0.1) is 0 Å². The van der Waals surface area contributed by atoms with E-state index in [4.69, 9.17) is 4.74 Å². The van der Waals surface area contributed by atoms with Gasteiger partial charge in [0, 0.05) is 25.1 Å². The average Bonchev–Trinajstić information content (AvgIpc) is 2.80. The molecule has 1 fully saturated rings. The fourth-order valence-electron chi connectivity index (χ4n) is 5.07. The normalized spacial score (nSPS) is 22.3. The number of hydrogen-bond acceptors (Lipinski definition) is 4. The maximum Gasteiger partial charge on any atom is 0.416 e. The Morgan fingerprint density at radius 2 is 1.79 bits per heavy atom. The number of aryl methyl sites for hydroxylation is 1. The topological polar surface area (TPSA) is 44.7 Å². The van der Waals surface area contributed by atoms with Crippen LogP contribution in [0.25, 0.3) is 0 Å². The molecule has 33 heavy (non-hydrogen) atoms. The molecule has 2 aliphatic heterocycles. The molecule has 0 saturated carbocycles. The van der Waals surface area contributed by atoms with Crippen LogP contribution in [-0.4, -0.2) is 42.3 Å². The Balaban J connectivity index is 1.38. The summed E-state index contributed by atoms with van der Waals surface area (Å²) in [6.07, 6.45) is -1.65. The highest BCUT2D eigenvalue weighted by Gasteiger charge is 2.36. The average molecular weight is 463 g/mol. The minimum Gasteiger partial charge on any atom is -0.507 e. The van der Waals surface area contributed by atoms with Crippen molar-refractivity contribution in [2.45, 2.75) is 58.0 Å². The fourth-order valence-corrected chi connectivity index (χ4v) is 5.07. The number of rotatable bonds is 6. The summed E-state index contributed by atoms with van der Waals surface area (Å²) in [7, 11) is 0. The summed E-state index contributed by atoms with van der Waals surface area (Å²) in [6, 6.07) is 9.51. The highest BCUT2D eigenvalue weighted by Crippen LogP contribution is 2.40. The number of benzene rings is 2. The summed E-state index contributed by atoms with van der Waals surface area (Å²) in [5.74, 6) is 0.785. The maximum absolute atomic E-state index is 12.8. The molecule has 0 aromatic heterocycles. The minimum absolute atomic E-state index is 0.0575. The predicted molar refractivity (Wildman–Crippen MR) is 122 cm³/mol. The van der Waals surface area contributed by atoms with Crippen molar-refractivity contribution in [1.82, 2.24) is 10.2 Å². The number of fused-ring (bicyclic) bond motifs is 1. The van der Waals surface area contributed by atoms with E-state index in [0.29, 0.717) is 18.2 Å². The van der Waals surface area contributed by atoms with E-state index in [1.54, 1.807) is 12.1 Å². The zero-order chi connectivity index (χ0) is 23.6. The quantitative estimate of drug-likeness (QED) is 0.618. The van der Waals surface area contributed by atoms with Crippen LogP contribution in [0.5, 0.6) is 5.75 Å². The number of hydrogen-bond donors (Lipinski definition) is 2. The molecule has 7 heteroatoms. The van der Waals surface area contributed by atoms with E-state index < -0.39 is 11.7 Å². The number of nitrogens with one attached hydrogen (secondary N) is 1. The summed E-state index contributed by atoms with van der Waals surface area (Å²) in [5, 5.41) is 14.1. The van der Waals surface area contributed by atoms with Crippen molar-refractivity contribution < 1.29 is 23.0 Å². The van der Waals surface area contributed by atoms with Gasteiger partial charge < -0.3 is 15.2 Å². The smallest absolute Gasteiger partial charge is 0.416 e. The third-order valence-corrected chi connectivity index (χ3v) is 7.04. The fraction of sp³-hybridized carbons (Fsp3) is 0.538. The van der Waals surface area contributed by atoms with Crippen LogP contribution in [0.1, 0.15) is 53.7 Å². The van der Waals surface area contributed by atoms with E-state index in [1.807, 2.05) is 13.0 Å². The first-order valence-corrected chi connectivity index (χ1v) is 11.8. The molecule has 0 bridgehead atoms. The Bertz CT molecular complexity index is 938. The zero-order valence-electron chi connectivity index (χ0n) is 19.3. The molecule has 0 amide bonds. The van der Waals surface area contributed by atoms with E-state index in [-0.39, 0.29) is 12.2 Å². The third kappa shape index (κ3) is 5.53. The first-order chi connectivity index (χ1) is 15.8. The molecule has 2 aliphatic rings. The van der Waals surface area contributed by atoms with Crippen LogP contribution >= 0.6 is 0 Å². The SMILES string of the molecule is CCNCC1OC(C2CCN(Cc3ccc(C(F)(F)F)cc3)CC2)Cc2c1ccc(C)c2O. The van der Waals surface area contributed by atoms with Crippen LogP contribution in [0, 0.1) is 12.8 Å². The first-order valence-electron chi connectivity index (χ1n) is 11.8. The molecule has 2 heterocycles. The van der Waals surface area contributed by atoms with Crippen molar-refractivity contribution in [2.75, 3.05) is 26.2 Å². The van der Waals surface area contributed by atoms with Gasteiger partial charge in [0.2, 0.25) is 0 Å². The largest absolute Gasteiger partial charge is 0.507 e. The molecule has 0 radical (unpaired) electrons. The molecule has 2 unspecified atom stereocenters. The maximum atomic E-state index is 12.8. The van der Waals surface area contributed by atoms with Crippen molar-refractivity contribution in [1.29, 1.82) is 0 Å². The Labute approximate surface area is 193 Å². The summed E-state index contributed by atoms with van der Waals surface area (Å²) >= 11 is 0. The number of halogens is 3. The van der Waals surface area contributed by atoms with Crippen LogP contribution in [0.2, 0.25) is 0 Å². The number of likely N-dealkylation sites (N-methyl/N-ethyl adjacent to an activating group) is 1. The number of likely N-dealkylation sites (tertiary alicyclic amines) is 1. The van der Waals surface area contributed by atoms with Gasteiger partial charge in [0.05, 0.1) is 17.8 Å². The van der Waals surface area contributed by atoms with E-state index >= 15 is 0 Å². The Kier molecular flexibility index (Phi) is 7.31. The first kappa shape index (κ1) is 24.0. The highest BCUT2D eigenvalue weighted by atomic mass is 19.4. The van der Waals surface area contributed by atoms with Gasteiger partial charge in [-0.3, -0.25) is 4.90 Å². The standard InChI is InChI=1S/C26H33F3N2O2/c1-3-30-15-24-21-9-4-17(2)25(32)22(21)14-23(33-24)19-10-12-31(13-11-19)16-18-5-7-20(8-6-18)26(27,28)29/h4-9,19,23-24,30,32H,3,10-16H2,1-2H3. The third-order valence-electron chi connectivity index (χ3n) is 7.04. The molecule has 2 N–H and O–H groups in total. The molecule has 4 rings (SSSR count). The molecule has 0 spiro atoms. The number of aromatic hydroxyl groups is 1. The van der Waals surface area contributed by atoms with E-state index in [0.717, 1.165) is 79.8 Å². The second kappa shape index (κ2) is 10.0. The van der Waals surface area contributed by atoms with Crippen LogP contribution in [0.4, 0.5) is 13.2 Å². The Morgan fingerprint density at radius 3 is 2.42 bits per heavy atom. The Hall–Kier alpha value is -2.09. The number of nitrogens with zero attached hydrogens (tertiary/aromatic N) is 1. The molecular weight excluding hydrogens is 429 g/mol. The van der Waals surface area contributed by atoms with Gasteiger partial charge in [-0.05, 0) is 74.1 Å². The highest BCUT2D eigenvalue weighted by molar-refractivity contribution is 5.47. The van der Waals surface area contributed by atoms with Gasteiger partial charge in [0.15, 0.2) is 0 Å². The van der Waals surface area contributed by atoms with Crippen LogP contribution < -0.4 is 5.32 Å². The molecule has 2 aromatic carbocycles.